The van der Waals surface area contributed by atoms with Crippen LogP contribution in [0, 0.1) is 0 Å². The lowest BCUT2D eigenvalue weighted by atomic mass is 9.87. The summed E-state index contributed by atoms with van der Waals surface area (Å²) in [4.78, 5) is 7.43. The normalized spacial score (nSPS) is 29.6. The standard InChI is InChI=1S/C21H26N6O2/c1-13-12-28-7-6-26(13)20-10-17(14-8-15-2-3-16(9-14)29-15)18-11-23-27(21(18)24-20)19-4-5-22-25-19/h4-5,10-11,13-16H,2-3,6-9,12H2,1H3,(H,22,25)/t13-,14?,15-,16+/m1/s1. The Hall–Kier alpha value is -2.45. The monoisotopic (exact) mass is 394 g/mol. The number of aromatic amines is 1. The maximum absolute atomic E-state index is 6.11. The summed E-state index contributed by atoms with van der Waals surface area (Å²) >= 11 is 0. The minimum atomic E-state index is 0.302. The fraction of sp³-hybridized carbons (Fsp3) is 0.571. The molecule has 1 N–H and O–H groups in total. The fourth-order valence-electron chi connectivity index (χ4n) is 5.22. The van der Waals surface area contributed by atoms with Crippen molar-refractivity contribution in [2.75, 3.05) is 24.7 Å². The fourth-order valence-corrected chi connectivity index (χ4v) is 5.22. The van der Waals surface area contributed by atoms with Gasteiger partial charge in [0.15, 0.2) is 11.5 Å². The van der Waals surface area contributed by atoms with Crippen LogP contribution >= 0.6 is 0 Å². The second kappa shape index (κ2) is 6.81. The van der Waals surface area contributed by atoms with E-state index in [4.69, 9.17) is 14.5 Å². The van der Waals surface area contributed by atoms with E-state index in [9.17, 15) is 0 Å². The van der Waals surface area contributed by atoms with Crippen LogP contribution in [0.1, 0.15) is 44.1 Å². The number of fused-ring (bicyclic) bond motifs is 3. The smallest absolute Gasteiger partial charge is 0.167 e. The number of nitrogens with one attached hydrogen (secondary N) is 1. The van der Waals surface area contributed by atoms with Crippen LogP contribution in [0.5, 0.6) is 0 Å². The number of hydrogen-bond acceptors (Lipinski definition) is 6. The van der Waals surface area contributed by atoms with Crippen molar-refractivity contribution < 1.29 is 9.47 Å². The zero-order valence-corrected chi connectivity index (χ0v) is 16.6. The molecule has 3 aromatic heterocycles. The lowest BCUT2D eigenvalue weighted by Crippen LogP contribution is -2.44. The van der Waals surface area contributed by atoms with Gasteiger partial charge in [0.2, 0.25) is 0 Å². The molecule has 1 unspecified atom stereocenters. The molecule has 0 radical (unpaired) electrons. The second-order valence-corrected chi connectivity index (χ2v) is 8.55. The molecule has 4 atom stereocenters. The molecule has 0 amide bonds. The summed E-state index contributed by atoms with van der Waals surface area (Å²) in [6.07, 6.45) is 9.06. The summed E-state index contributed by atoms with van der Waals surface area (Å²) in [5.74, 6) is 2.34. The van der Waals surface area contributed by atoms with Crippen LogP contribution in [-0.2, 0) is 9.47 Å². The van der Waals surface area contributed by atoms with Crippen molar-refractivity contribution >= 4 is 16.9 Å². The van der Waals surface area contributed by atoms with Crippen molar-refractivity contribution in [2.24, 2.45) is 0 Å². The van der Waals surface area contributed by atoms with Crippen LogP contribution in [0.4, 0.5) is 5.82 Å². The van der Waals surface area contributed by atoms with Gasteiger partial charge in [0.1, 0.15) is 5.82 Å². The number of morpholine rings is 1. The van der Waals surface area contributed by atoms with Gasteiger partial charge in [-0.15, -0.1) is 0 Å². The van der Waals surface area contributed by atoms with Gasteiger partial charge in [0.05, 0.1) is 43.9 Å². The zero-order valence-electron chi connectivity index (χ0n) is 16.6. The van der Waals surface area contributed by atoms with Crippen molar-refractivity contribution in [3.63, 3.8) is 0 Å². The van der Waals surface area contributed by atoms with E-state index >= 15 is 0 Å². The van der Waals surface area contributed by atoms with Gasteiger partial charge in [-0.1, -0.05) is 0 Å². The summed E-state index contributed by atoms with van der Waals surface area (Å²) in [5.41, 5.74) is 2.24. The third kappa shape index (κ3) is 2.93. The highest BCUT2D eigenvalue weighted by atomic mass is 16.5. The summed E-state index contributed by atoms with van der Waals surface area (Å²) in [6.45, 7) is 4.53. The van der Waals surface area contributed by atoms with Crippen molar-refractivity contribution in [2.45, 2.75) is 56.8 Å². The topological polar surface area (TPSA) is 81.1 Å². The lowest BCUT2D eigenvalue weighted by Gasteiger charge is -2.35. The van der Waals surface area contributed by atoms with Crippen molar-refractivity contribution in [1.82, 2.24) is 25.0 Å². The largest absolute Gasteiger partial charge is 0.377 e. The van der Waals surface area contributed by atoms with Crippen LogP contribution in [0.3, 0.4) is 0 Å². The number of aromatic nitrogens is 5. The average Bonchev–Trinajstić information content (AvgIpc) is 3.47. The van der Waals surface area contributed by atoms with Gasteiger partial charge in [0.25, 0.3) is 0 Å². The predicted molar refractivity (Wildman–Crippen MR) is 109 cm³/mol. The van der Waals surface area contributed by atoms with E-state index in [1.54, 1.807) is 6.20 Å². The van der Waals surface area contributed by atoms with E-state index in [1.807, 2.05) is 16.9 Å². The van der Waals surface area contributed by atoms with E-state index in [2.05, 4.69) is 33.2 Å². The molecule has 3 aliphatic heterocycles. The van der Waals surface area contributed by atoms with Crippen LogP contribution < -0.4 is 4.90 Å². The molecule has 6 rings (SSSR count). The van der Waals surface area contributed by atoms with Crippen LogP contribution in [0.25, 0.3) is 16.9 Å². The highest BCUT2D eigenvalue weighted by Crippen LogP contribution is 2.43. The molecule has 2 bridgehead atoms. The Morgan fingerprint density at radius 1 is 1.21 bits per heavy atom. The highest BCUT2D eigenvalue weighted by Gasteiger charge is 2.37. The first-order valence-corrected chi connectivity index (χ1v) is 10.6. The maximum Gasteiger partial charge on any atom is 0.167 e. The van der Waals surface area contributed by atoms with Gasteiger partial charge >= 0.3 is 0 Å². The molecule has 8 heteroatoms. The second-order valence-electron chi connectivity index (χ2n) is 8.55. The number of anilines is 1. The number of hydrogen-bond donors (Lipinski definition) is 1. The molecule has 3 aliphatic rings. The number of H-pyrrole nitrogens is 1. The third-order valence-electron chi connectivity index (χ3n) is 6.67. The number of ether oxygens (including phenoxy) is 2. The summed E-state index contributed by atoms with van der Waals surface area (Å²) in [6, 6.07) is 4.53. The SMILES string of the molecule is C[C@@H]1COCCN1c1cc(C2C[C@H]3CC[C@@H](C2)O3)c2cnn(-c3ccn[nH]3)c2n1. The molecule has 6 heterocycles. The summed E-state index contributed by atoms with van der Waals surface area (Å²) in [5, 5.41) is 12.9. The van der Waals surface area contributed by atoms with Crippen molar-refractivity contribution in [1.29, 1.82) is 0 Å². The Morgan fingerprint density at radius 2 is 2.07 bits per heavy atom. The van der Waals surface area contributed by atoms with E-state index in [-0.39, 0.29) is 0 Å². The minimum absolute atomic E-state index is 0.302. The van der Waals surface area contributed by atoms with Gasteiger partial charge in [-0.3, -0.25) is 5.10 Å². The van der Waals surface area contributed by atoms with E-state index in [1.165, 1.54) is 18.4 Å². The molecule has 3 aromatic rings. The number of rotatable bonds is 3. The first-order chi connectivity index (χ1) is 14.3. The first-order valence-electron chi connectivity index (χ1n) is 10.6. The quantitative estimate of drug-likeness (QED) is 0.736. The highest BCUT2D eigenvalue weighted by molar-refractivity contribution is 5.83. The van der Waals surface area contributed by atoms with Gasteiger partial charge in [0, 0.05) is 18.0 Å². The first kappa shape index (κ1) is 17.4. The van der Waals surface area contributed by atoms with Crippen LogP contribution in [0.2, 0.25) is 0 Å². The predicted octanol–water partition coefficient (Wildman–Crippen LogP) is 2.79. The molecule has 0 aliphatic carbocycles. The van der Waals surface area contributed by atoms with Gasteiger partial charge in [-0.05, 0) is 50.2 Å². The van der Waals surface area contributed by atoms with Crippen LogP contribution in [0.15, 0.2) is 24.5 Å². The zero-order chi connectivity index (χ0) is 19.4. The number of pyridine rings is 1. The lowest BCUT2D eigenvalue weighted by molar-refractivity contribution is -0.00359. The Kier molecular flexibility index (Phi) is 4.09. The summed E-state index contributed by atoms with van der Waals surface area (Å²) < 4.78 is 13.6. The average molecular weight is 394 g/mol. The van der Waals surface area contributed by atoms with Gasteiger partial charge in [-0.25, -0.2) is 4.98 Å². The van der Waals surface area contributed by atoms with E-state index < -0.39 is 0 Å². The molecular formula is C21H26N6O2. The Morgan fingerprint density at radius 3 is 2.83 bits per heavy atom. The molecule has 8 nitrogen and oxygen atoms in total. The number of nitrogens with zero attached hydrogens (tertiary/aromatic N) is 5. The molecule has 3 fully saturated rings. The molecule has 0 saturated carbocycles. The van der Waals surface area contributed by atoms with Gasteiger partial charge in [-0.2, -0.15) is 14.9 Å². The molecule has 0 spiro atoms. The molecule has 3 saturated heterocycles. The molecule has 152 valence electrons. The minimum Gasteiger partial charge on any atom is -0.377 e. The molecule has 0 aromatic carbocycles. The molecular weight excluding hydrogens is 368 g/mol. The molecule has 29 heavy (non-hydrogen) atoms. The Bertz CT molecular complexity index is 1000. The van der Waals surface area contributed by atoms with Crippen molar-refractivity contribution in [3.05, 3.63) is 30.1 Å². The maximum atomic E-state index is 6.11. The van der Waals surface area contributed by atoms with Crippen molar-refractivity contribution in [3.8, 4) is 5.82 Å². The summed E-state index contributed by atoms with van der Waals surface area (Å²) in [7, 11) is 0. The van der Waals surface area contributed by atoms with Gasteiger partial charge < -0.3 is 14.4 Å². The Balaban J connectivity index is 1.50. The third-order valence-corrected chi connectivity index (χ3v) is 6.67. The van der Waals surface area contributed by atoms with E-state index in [0.29, 0.717) is 24.2 Å². The van der Waals surface area contributed by atoms with Crippen LogP contribution in [-0.4, -0.2) is 63.0 Å². The van der Waals surface area contributed by atoms with E-state index in [0.717, 1.165) is 55.3 Å². The Labute approximate surface area is 169 Å².